The van der Waals surface area contributed by atoms with Crippen LogP contribution in [0.25, 0.3) is 0 Å². The van der Waals surface area contributed by atoms with E-state index < -0.39 is 0 Å². The van der Waals surface area contributed by atoms with Crippen molar-refractivity contribution in [2.24, 2.45) is 5.92 Å². The van der Waals surface area contributed by atoms with E-state index in [1.807, 2.05) is 11.8 Å². The molecule has 0 aliphatic carbocycles. The Morgan fingerprint density at radius 2 is 2.09 bits per heavy atom. The van der Waals surface area contributed by atoms with Crippen LogP contribution in [0.3, 0.4) is 0 Å². The summed E-state index contributed by atoms with van der Waals surface area (Å²) in [6.07, 6.45) is 4.18. The monoisotopic (exact) mass is 322 g/mol. The number of fused-ring (bicyclic) bond motifs is 1. The van der Waals surface area contributed by atoms with E-state index in [0.29, 0.717) is 5.92 Å². The Labute approximate surface area is 134 Å². The lowest BCUT2D eigenvalue weighted by Gasteiger charge is -2.33. The lowest BCUT2D eigenvalue weighted by atomic mass is 9.92. The number of anilines is 1. The van der Waals surface area contributed by atoms with Crippen LogP contribution in [-0.2, 0) is 9.53 Å². The van der Waals surface area contributed by atoms with E-state index in [2.05, 4.69) is 15.1 Å². The van der Waals surface area contributed by atoms with Crippen LogP contribution in [0.2, 0.25) is 0 Å². The summed E-state index contributed by atoms with van der Waals surface area (Å²) in [6, 6.07) is 0. The standard InChI is InChI=1S/C15H22N4O2S/c1-10-16-17-15(22-10)19-7-4-11-8-12(21-13(11)9-19)14(20)18-5-2-3-6-18/h11-13H,2-9H2,1H3/t11-,12-,13-/m0/s1. The lowest BCUT2D eigenvalue weighted by Crippen LogP contribution is -2.42. The summed E-state index contributed by atoms with van der Waals surface area (Å²) < 4.78 is 6.12. The number of nitrogens with zero attached hydrogens (tertiary/aromatic N) is 4. The van der Waals surface area contributed by atoms with Gasteiger partial charge in [0.1, 0.15) is 11.1 Å². The number of hydrogen-bond donors (Lipinski definition) is 0. The van der Waals surface area contributed by atoms with Crippen LogP contribution >= 0.6 is 11.3 Å². The van der Waals surface area contributed by atoms with Crippen molar-refractivity contribution >= 4 is 22.4 Å². The van der Waals surface area contributed by atoms with Crippen molar-refractivity contribution in [2.75, 3.05) is 31.1 Å². The molecule has 1 aromatic rings. The van der Waals surface area contributed by atoms with E-state index in [1.165, 1.54) is 0 Å². The van der Waals surface area contributed by atoms with Gasteiger partial charge in [-0.15, -0.1) is 10.2 Å². The minimum atomic E-state index is -0.218. The van der Waals surface area contributed by atoms with Gasteiger partial charge in [0, 0.05) is 26.2 Å². The van der Waals surface area contributed by atoms with Crippen molar-refractivity contribution in [2.45, 2.75) is 44.8 Å². The second-order valence-corrected chi connectivity index (χ2v) is 7.69. The SMILES string of the molecule is Cc1nnc(N2CC[C@H]3C[C@@H](C(=O)N4CCCC4)O[C@H]3C2)s1. The van der Waals surface area contributed by atoms with Crippen LogP contribution in [-0.4, -0.2) is 59.4 Å². The van der Waals surface area contributed by atoms with Crippen LogP contribution in [0, 0.1) is 12.8 Å². The Hall–Kier alpha value is -1.21. The maximum absolute atomic E-state index is 12.5. The van der Waals surface area contributed by atoms with Gasteiger partial charge in [-0.05, 0) is 38.5 Å². The minimum Gasteiger partial charge on any atom is -0.363 e. The van der Waals surface area contributed by atoms with Crippen LogP contribution in [0.15, 0.2) is 0 Å². The number of rotatable bonds is 2. The molecule has 3 atom stereocenters. The largest absolute Gasteiger partial charge is 0.363 e. The summed E-state index contributed by atoms with van der Waals surface area (Å²) in [5, 5.41) is 10.3. The van der Waals surface area contributed by atoms with Gasteiger partial charge in [-0.2, -0.15) is 0 Å². The Balaban J connectivity index is 1.40. The maximum Gasteiger partial charge on any atom is 0.251 e. The number of likely N-dealkylation sites (tertiary alicyclic amines) is 1. The molecule has 3 aliphatic heterocycles. The lowest BCUT2D eigenvalue weighted by molar-refractivity contribution is -0.141. The fourth-order valence-corrected chi connectivity index (χ4v) is 4.54. The number of piperidine rings is 1. The molecule has 0 aromatic carbocycles. The zero-order valence-corrected chi connectivity index (χ0v) is 13.7. The van der Waals surface area contributed by atoms with Crippen molar-refractivity contribution < 1.29 is 9.53 Å². The fourth-order valence-electron chi connectivity index (χ4n) is 3.82. The summed E-state index contributed by atoms with van der Waals surface area (Å²) in [4.78, 5) is 16.8. The molecule has 3 fully saturated rings. The molecule has 0 unspecified atom stereocenters. The molecule has 0 spiro atoms. The van der Waals surface area contributed by atoms with Gasteiger partial charge in [-0.1, -0.05) is 11.3 Å². The number of aromatic nitrogens is 2. The van der Waals surface area contributed by atoms with Crippen LogP contribution in [0.1, 0.15) is 30.7 Å². The quantitative estimate of drug-likeness (QED) is 0.825. The number of aryl methyl sites for hydroxylation is 1. The van der Waals surface area contributed by atoms with E-state index in [9.17, 15) is 4.79 Å². The van der Waals surface area contributed by atoms with Crippen molar-refractivity contribution in [3.05, 3.63) is 5.01 Å². The molecule has 120 valence electrons. The molecule has 3 aliphatic rings. The molecule has 1 amide bonds. The minimum absolute atomic E-state index is 0.162. The van der Waals surface area contributed by atoms with Crippen LogP contribution < -0.4 is 4.90 Å². The molecule has 4 rings (SSSR count). The zero-order valence-electron chi connectivity index (χ0n) is 12.9. The first-order valence-electron chi connectivity index (χ1n) is 8.20. The van der Waals surface area contributed by atoms with E-state index in [-0.39, 0.29) is 18.1 Å². The Bertz CT molecular complexity index is 557. The van der Waals surface area contributed by atoms with Crippen molar-refractivity contribution in [3.63, 3.8) is 0 Å². The first-order valence-corrected chi connectivity index (χ1v) is 9.01. The third kappa shape index (κ3) is 2.60. The first kappa shape index (κ1) is 14.4. The molecular formula is C15H22N4O2S. The second-order valence-electron chi connectivity index (χ2n) is 6.53. The third-order valence-corrected chi connectivity index (χ3v) is 5.93. The fraction of sp³-hybridized carbons (Fsp3) is 0.800. The van der Waals surface area contributed by atoms with Gasteiger partial charge in [-0.3, -0.25) is 4.79 Å². The highest BCUT2D eigenvalue weighted by Crippen LogP contribution is 2.36. The summed E-state index contributed by atoms with van der Waals surface area (Å²) in [7, 11) is 0. The van der Waals surface area contributed by atoms with Gasteiger partial charge in [0.15, 0.2) is 0 Å². The third-order valence-electron chi connectivity index (χ3n) is 5.03. The summed E-state index contributed by atoms with van der Waals surface area (Å²) in [5.41, 5.74) is 0. The molecule has 6 nitrogen and oxygen atoms in total. The Morgan fingerprint density at radius 3 is 2.82 bits per heavy atom. The number of carbonyl (C=O) groups is 1. The van der Waals surface area contributed by atoms with Gasteiger partial charge in [0.25, 0.3) is 5.91 Å². The Morgan fingerprint density at radius 1 is 1.27 bits per heavy atom. The summed E-state index contributed by atoms with van der Waals surface area (Å²) in [5.74, 6) is 0.729. The van der Waals surface area contributed by atoms with E-state index in [1.54, 1.807) is 11.3 Å². The van der Waals surface area contributed by atoms with Gasteiger partial charge in [0.2, 0.25) is 5.13 Å². The molecule has 1 aromatic heterocycles. The zero-order chi connectivity index (χ0) is 15.1. The number of carbonyl (C=O) groups excluding carboxylic acids is 1. The second kappa shape index (κ2) is 5.77. The maximum atomic E-state index is 12.5. The number of hydrogen-bond acceptors (Lipinski definition) is 6. The molecule has 22 heavy (non-hydrogen) atoms. The summed E-state index contributed by atoms with van der Waals surface area (Å²) in [6.45, 7) is 5.62. The van der Waals surface area contributed by atoms with E-state index in [4.69, 9.17) is 4.74 Å². The van der Waals surface area contributed by atoms with Crippen molar-refractivity contribution in [1.82, 2.24) is 15.1 Å². The molecule has 0 radical (unpaired) electrons. The van der Waals surface area contributed by atoms with Crippen molar-refractivity contribution in [3.8, 4) is 0 Å². The first-order chi connectivity index (χ1) is 10.7. The van der Waals surface area contributed by atoms with Gasteiger partial charge in [0.05, 0.1) is 6.10 Å². The predicted octanol–water partition coefficient (Wildman–Crippen LogP) is 1.45. The number of amides is 1. The smallest absolute Gasteiger partial charge is 0.251 e. The predicted molar refractivity (Wildman–Crippen MR) is 84.1 cm³/mol. The van der Waals surface area contributed by atoms with Gasteiger partial charge in [-0.25, -0.2) is 0 Å². The topological polar surface area (TPSA) is 58.6 Å². The molecule has 0 bridgehead atoms. The normalized spacial score (nSPS) is 31.6. The van der Waals surface area contributed by atoms with Gasteiger partial charge < -0.3 is 14.5 Å². The van der Waals surface area contributed by atoms with E-state index >= 15 is 0 Å². The van der Waals surface area contributed by atoms with Gasteiger partial charge >= 0.3 is 0 Å². The molecule has 3 saturated heterocycles. The average molecular weight is 322 g/mol. The molecular weight excluding hydrogens is 300 g/mol. The highest BCUT2D eigenvalue weighted by Gasteiger charge is 2.43. The molecule has 0 saturated carbocycles. The van der Waals surface area contributed by atoms with Crippen LogP contribution in [0.5, 0.6) is 0 Å². The van der Waals surface area contributed by atoms with Crippen LogP contribution in [0.4, 0.5) is 5.13 Å². The molecule has 4 heterocycles. The highest BCUT2D eigenvalue weighted by atomic mass is 32.1. The molecule has 7 heteroatoms. The highest BCUT2D eigenvalue weighted by molar-refractivity contribution is 7.15. The average Bonchev–Trinajstić information content (AvgIpc) is 3.25. The number of ether oxygens (including phenoxy) is 1. The molecule has 0 N–H and O–H groups in total. The summed E-state index contributed by atoms with van der Waals surface area (Å²) >= 11 is 1.63. The van der Waals surface area contributed by atoms with E-state index in [0.717, 1.165) is 62.0 Å². The Kier molecular flexibility index (Phi) is 3.78. The van der Waals surface area contributed by atoms with Crippen molar-refractivity contribution in [1.29, 1.82) is 0 Å².